The Labute approximate surface area is 122 Å². The van der Waals surface area contributed by atoms with Crippen LogP contribution in [0, 0.1) is 0 Å². The van der Waals surface area contributed by atoms with Crippen molar-refractivity contribution in [1.29, 1.82) is 0 Å². The molecule has 6 heteroatoms. The number of nitrogen functional groups attached to an aromatic ring is 1. The molecule has 1 unspecified atom stereocenters. The molecule has 21 heavy (non-hydrogen) atoms. The van der Waals surface area contributed by atoms with Crippen molar-refractivity contribution < 1.29 is 18.3 Å². The molecule has 118 valence electrons. The third kappa shape index (κ3) is 4.11. The van der Waals surface area contributed by atoms with Crippen LogP contribution in [-0.2, 0) is 12.7 Å². The lowest BCUT2D eigenvalue weighted by molar-refractivity contribution is -0.138. The summed E-state index contributed by atoms with van der Waals surface area (Å²) >= 11 is 0. The lowest BCUT2D eigenvalue weighted by atomic mass is 10.0. The molecular formula is C15H21F3N2O. The average Bonchev–Trinajstić information content (AvgIpc) is 2.84. The maximum absolute atomic E-state index is 13.1. The monoisotopic (exact) mass is 302 g/mol. The quantitative estimate of drug-likeness (QED) is 0.822. The van der Waals surface area contributed by atoms with Gasteiger partial charge in [0.15, 0.2) is 0 Å². The maximum Gasteiger partial charge on any atom is 0.416 e. The Morgan fingerprint density at radius 1 is 1.33 bits per heavy atom. The minimum Gasteiger partial charge on any atom is -0.399 e. The van der Waals surface area contributed by atoms with Crippen LogP contribution in [0.3, 0.4) is 0 Å². The molecular weight excluding hydrogens is 281 g/mol. The number of anilines is 1. The Morgan fingerprint density at radius 2 is 2.10 bits per heavy atom. The number of benzene rings is 1. The van der Waals surface area contributed by atoms with Gasteiger partial charge in [-0.3, -0.25) is 4.90 Å². The number of nitrogens with two attached hydrogens (primary N) is 1. The molecule has 1 heterocycles. The van der Waals surface area contributed by atoms with Crippen LogP contribution in [0.2, 0.25) is 0 Å². The minimum absolute atomic E-state index is 0.125. The van der Waals surface area contributed by atoms with E-state index in [1.807, 2.05) is 0 Å². The van der Waals surface area contributed by atoms with E-state index in [-0.39, 0.29) is 30.4 Å². The van der Waals surface area contributed by atoms with Crippen molar-refractivity contribution in [3.63, 3.8) is 0 Å². The number of aliphatic hydroxyl groups is 1. The second-order valence-electron chi connectivity index (χ2n) is 5.55. The van der Waals surface area contributed by atoms with Crippen molar-refractivity contribution in [2.24, 2.45) is 0 Å². The van der Waals surface area contributed by atoms with Gasteiger partial charge in [-0.05, 0) is 49.9 Å². The molecule has 0 saturated carbocycles. The molecule has 0 bridgehead atoms. The Bertz CT molecular complexity index is 476. The van der Waals surface area contributed by atoms with E-state index in [1.54, 1.807) is 0 Å². The molecule has 0 amide bonds. The number of rotatable bonds is 5. The van der Waals surface area contributed by atoms with Gasteiger partial charge in [-0.15, -0.1) is 0 Å². The highest BCUT2D eigenvalue weighted by molar-refractivity contribution is 5.46. The molecule has 1 aromatic rings. The van der Waals surface area contributed by atoms with Gasteiger partial charge in [-0.1, -0.05) is 6.07 Å². The van der Waals surface area contributed by atoms with Crippen molar-refractivity contribution in [2.45, 2.75) is 44.4 Å². The van der Waals surface area contributed by atoms with Crippen LogP contribution in [0.4, 0.5) is 18.9 Å². The van der Waals surface area contributed by atoms with Crippen LogP contribution in [0.5, 0.6) is 0 Å². The van der Waals surface area contributed by atoms with Crippen LogP contribution in [-0.4, -0.2) is 29.2 Å². The van der Waals surface area contributed by atoms with Crippen LogP contribution >= 0.6 is 0 Å². The van der Waals surface area contributed by atoms with Gasteiger partial charge < -0.3 is 10.8 Å². The van der Waals surface area contributed by atoms with Crippen LogP contribution < -0.4 is 5.73 Å². The number of nitrogens with zero attached hydrogens (tertiary/aromatic N) is 1. The number of likely N-dealkylation sites (tertiary alicyclic amines) is 1. The first-order valence-electron chi connectivity index (χ1n) is 7.22. The number of hydrogen-bond acceptors (Lipinski definition) is 3. The van der Waals surface area contributed by atoms with E-state index in [0.717, 1.165) is 31.9 Å². The van der Waals surface area contributed by atoms with Crippen molar-refractivity contribution >= 4 is 5.69 Å². The molecule has 0 spiro atoms. The predicted octanol–water partition coefficient (Wildman–Crippen LogP) is 3.02. The molecule has 1 aliphatic rings. The molecule has 2 rings (SSSR count). The molecule has 1 saturated heterocycles. The standard InChI is InChI=1S/C15H21F3N2O/c16-15(17,18)14-9-12(19)6-5-11(14)10-20-7-1-3-13(20)4-2-8-21/h5-6,9,13,21H,1-4,7-8,10,19H2. The van der Waals surface area contributed by atoms with Gasteiger partial charge in [0.05, 0.1) is 5.56 Å². The smallest absolute Gasteiger partial charge is 0.399 e. The molecule has 1 aromatic carbocycles. The molecule has 0 radical (unpaired) electrons. The summed E-state index contributed by atoms with van der Waals surface area (Å²) in [4.78, 5) is 2.08. The van der Waals surface area contributed by atoms with Crippen molar-refractivity contribution in [3.8, 4) is 0 Å². The van der Waals surface area contributed by atoms with Crippen molar-refractivity contribution in [3.05, 3.63) is 29.3 Å². The van der Waals surface area contributed by atoms with E-state index in [9.17, 15) is 13.2 Å². The molecule has 3 N–H and O–H groups in total. The second-order valence-corrected chi connectivity index (χ2v) is 5.55. The zero-order chi connectivity index (χ0) is 15.5. The summed E-state index contributed by atoms with van der Waals surface area (Å²) in [6, 6.07) is 4.26. The highest BCUT2D eigenvalue weighted by Gasteiger charge is 2.34. The zero-order valence-corrected chi connectivity index (χ0v) is 11.9. The number of aliphatic hydroxyl groups excluding tert-OH is 1. The first kappa shape index (κ1) is 16.1. The number of halogens is 3. The topological polar surface area (TPSA) is 49.5 Å². The fraction of sp³-hybridized carbons (Fsp3) is 0.600. The minimum atomic E-state index is -4.38. The van der Waals surface area contributed by atoms with Crippen molar-refractivity contribution in [2.75, 3.05) is 18.9 Å². The van der Waals surface area contributed by atoms with E-state index >= 15 is 0 Å². The van der Waals surface area contributed by atoms with E-state index in [0.29, 0.717) is 6.42 Å². The Hall–Kier alpha value is -1.27. The Morgan fingerprint density at radius 3 is 2.76 bits per heavy atom. The van der Waals surface area contributed by atoms with Gasteiger partial charge in [0.25, 0.3) is 0 Å². The Kier molecular flexibility index (Phi) is 5.11. The van der Waals surface area contributed by atoms with Crippen LogP contribution in [0.25, 0.3) is 0 Å². The lowest BCUT2D eigenvalue weighted by Gasteiger charge is -2.26. The first-order valence-corrected chi connectivity index (χ1v) is 7.22. The summed E-state index contributed by atoms with van der Waals surface area (Å²) in [5.41, 5.74) is 5.24. The Balaban J connectivity index is 2.15. The largest absolute Gasteiger partial charge is 0.416 e. The SMILES string of the molecule is Nc1ccc(CN2CCCC2CCCO)c(C(F)(F)F)c1. The summed E-state index contributed by atoms with van der Waals surface area (Å²) in [6.07, 6.45) is -0.893. The normalized spacial score (nSPS) is 20.1. The highest BCUT2D eigenvalue weighted by Crippen LogP contribution is 2.35. The summed E-state index contributed by atoms with van der Waals surface area (Å²) in [5.74, 6) is 0. The zero-order valence-electron chi connectivity index (χ0n) is 11.9. The average molecular weight is 302 g/mol. The van der Waals surface area contributed by atoms with Crippen molar-refractivity contribution in [1.82, 2.24) is 4.90 Å². The third-order valence-electron chi connectivity index (χ3n) is 4.01. The molecule has 0 aliphatic carbocycles. The fourth-order valence-corrected chi connectivity index (χ4v) is 2.97. The van der Waals surface area contributed by atoms with E-state index < -0.39 is 11.7 Å². The summed E-state index contributed by atoms with van der Waals surface area (Å²) in [5, 5.41) is 8.90. The van der Waals surface area contributed by atoms with Crippen LogP contribution in [0.15, 0.2) is 18.2 Å². The molecule has 1 atom stereocenters. The van der Waals surface area contributed by atoms with E-state index in [1.165, 1.54) is 12.1 Å². The third-order valence-corrected chi connectivity index (χ3v) is 4.01. The van der Waals surface area contributed by atoms with Gasteiger partial charge in [0.2, 0.25) is 0 Å². The predicted molar refractivity (Wildman–Crippen MR) is 75.6 cm³/mol. The van der Waals surface area contributed by atoms with Crippen LogP contribution in [0.1, 0.15) is 36.8 Å². The molecule has 3 nitrogen and oxygen atoms in total. The maximum atomic E-state index is 13.1. The number of alkyl halides is 3. The van der Waals surface area contributed by atoms with Gasteiger partial charge in [0.1, 0.15) is 0 Å². The van der Waals surface area contributed by atoms with Gasteiger partial charge in [0, 0.05) is 24.9 Å². The lowest BCUT2D eigenvalue weighted by Crippen LogP contribution is -2.30. The highest BCUT2D eigenvalue weighted by atomic mass is 19.4. The van der Waals surface area contributed by atoms with E-state index in [4.69, 9.17) is 10.8 Å². The summed E-state index contributed by atoms with van der Waals surface area (Å²) < 4.78 is 39.3. The number of hydrogen-bond donors (Lipinski definition) is 2. The van der Waals surface area contributed by atoms with Gasteiger partial charge >= 0.3 is 6.18 Å². The van der Waals surface area contributed by atoms with Gasteiger partial charge in [-0.2, -0.15) is 13.2 Å². The molecule has 1 fully saturated rings. The summed E-state index contributed by atoms with van der Waals surface area (Å²) in [6.45, 7) is 1.21. The first-order chi connectivity index (χ1) is 9.91. The fourth-order valence-electron chi connectivity index (χ4n) is 2.97. The summed E-state index contributed by atoms with van der Waals surface area (Å²) in [7, 11) is 0. The van der Waals surface area contributed by atoms with E-state index in [2.05, 4.69) is 4.90 Å². The molecule has 0 aromatic heterocycles. The second kappa shape index (κ2) is 6.66. The molecule has 1 aliphatic heterocycles. The van der Waals surface area contributed by atoms with Gasteiger partial charge in [-0.25, -0.2) is 0 Å².